The quantitative estimate of drug-likeness (QED) is 0.875. The minimum absolute atomic E-state index is 0.0505. The van der Waals surface area contributed by atoms with Crippen LogP contribution in [0.25, 0.3) is 0 Å². The van der Waals surface area contributed by atoms with Gasteiger partial charge in [-0.05, 0) is 18.1 Å². The lowest BCUT2D eigenvalue weighted by molar-refractivity contribution is 0.134. The van der Waals surface area contributed by atoms with E-state index in [1.807, 2.05) is 11.0 Å². The molecule has 1 aliphatic heterocycles. The van der Waals surface area contributed by atoms with Gasteiger partial charge in [0.15, 0.2) is 0 Å². The van der Waals surface area contributed by atoms with Gasteiger partial charge in [-0.15, -0.1) is 0 Å². The van der Waals surface area contributed by atoms with E-state index < -0.39 is 0 Å². The Morgan fingerprint density at radius 3 is 2.22 bits per heavy atom. The van der Waals surface area contributed by atoms with Gasteiger partial charge in [0.1, 0.15) is 0 Å². The highest BCUT2D eigenvalue weighted by molar-refractivity contribution is 5.74. The number of hydrogen-bond donors (Lipinski definition) is 1. The van der Waals surface area contributed by atoms with Crippen molar-refractivity contribution in [2.45, 2.75) is 32.7 Å². The van der Waals surface area contributed by atoms with Crippen LogP contribution in [-0.2, 0) is 12.0 Å². The molecule has 2 aromatic rings. The van der Waals surface area contributed by atoms with E-state index in [2.05, 4.69) is 79.5 Å². The van der Waals surface area contributed by atoms with Gasteiger partial charge in [0.05, 0.1) is 0 Å². The van der Waals surface area contributed by atoms with Crippen molar-refractivity contribution in [3.05, 3.63) is 71.3 Å². The van der Waals surface area contributed by atoms with Crippen molar-refractivity contribution in [1.29, 1.82) is 0 Å². The normalized spacial score (nSPS) is 15.6. The van der Waals surface area contributed by atoms with Gasteiger partial charge in [-0.3, -0.25) is 4.90 Å². The number of hydrogen-bond acceptors (Lipinski definition) is 2. The first-order valence-corrected chi connectivity index (χ1v) is 9.80. The number of aryl methyl sites for hydroxylation is 1. The summed E-state index contributed by atoms with van der Waals surface area (Å²) in [4.78, 5) is 16.9. The Labute approximate surface area is 163 Å². The maximum atomic E-state index is 12.6. The minimum Gasteiger partial charge on any atom is -0.337 e. The lowest BCUT2D eigenvalue weighted by Crippen LogP contribution is -2.52. The predicted octanol–water partition coefficient (Wildman–Crippen LogP) is 3.80. The smallest absolute Gasteiger partial charge is 0.317 e. The minimum atomic E-state index is -0.0848. The summed E-state index contributed by atoms with van der Waals surface area (Å²) >= 11 is 0. The van der Waals surface area contributed by atoms with E-state index in [4.69, 9.17) is 0 Å². The van der Waals surface area contributed by atoms with Crippen LogP contribution in [-0.4, -0.2) is 48.6 Å². The zero-order valence-corrected chi connectivity index (χ0v) is 16.7. The molecule has 3 rings (SSSR count). The highest BCUT2D eigenvalue weighted by Crippen LogP contribution is 2.22. The van der Waals surface area contributed by atoms with E-state index >= 15 is 0 Å². The molecule has 0 radical (unpaired) electrons. The van der Waals surface area contributed by atoms with Crippen molar-refractivity contribution in [2.24, 2.45) is 0 Å². The summed E-state index contributed by atoms with van der Waals surface area (Å²) in [6, 6.07) is 19.1. The summed E-state index contributed by atoms with van der Waals surface area (Å²) in [5.41, 5.74) is 3.75. The number of carbonyl (C=O) groups is 1. The average Bonchev–Trinajstić information content (AvgIpc) is 2.68. The van der Waals surface area contributed by atoms with Gasteiger partial charge in [-0.1, -0.05) is 74.0 Å². The molecule has 1 N–H and O–H groups in total. The summed E-state index contributed by atoms with van der Waals surface area (Å²) in [5, 5.41) is 3.14. The molecule has 0 bridgehead atoms. The number of carbonyl (C=O) groups excluding carboxylic acids is 1. The molecular formula is C23H31N3O. The molecule has 2 amide bonds. The first-order valence-electron chi connectivity index (χ1n) is 9.80. The second-order valence-electron chi connectivity index (χ2n) is 8.16. The van der Waals surface area contributed by atoms with Crippen LogP contribution in [0.15, 0.2) is 54.6 Å². The molecule has 1 aliphatic rings. The van der Waals surface area contributed by atoms with Crippen LogP contribution < -0.4 is 5.32 Å². The van der Waals surface area contributed by atoms with Gasteiger partial charge >= 0.3 is 6.03 Å². The first kappa shape index (κ1) is 19.4. The van der Waals surface area contributed by atoms with Crippen molar-refractivity contribution in [2.75, 3.05) is 32.7 Å². The number of nitrogens with one attached hydrogen (secondary N) is 1. The maximum Gasteiger partial charge on any atom is 0.317 e. The molecule has 1 saturated heterocycles. The Kier molecular flexibility index (Phi) is 6.17. The summed E-state index contributed by atoms with van der Waals surface area (Å²) in [5.74, 6) is 0. The van der Waals surface area contributed by atoms with Crippen LogP contribution in [0.2, 0.25) is 0 Å². The molecule has 1 heterocycles. The molecular weight excluding hydrogens is 334 g/mol. The van der Waals surface area contributed by atoms with Crippen LogP contribution in [0.5, 0.6) is 0 Å². The second kappa shape index (κ2) is 8.57. The van der Waals surface area contributed by atoms with Gasteiger partial charge in [0.25, 0.3) is 0 Å². The van der Waals surface area contributed by atoms with Crippen LogP contribution >= 0.6 is 0 Å². The Hall–Kier alpha value is -2.33. The highest BCUT2D eigenvalue weighted by atomic mass is 16.2. The maximum absolute atomic E-state index is 12.6. The van der Waals surface area contributed by atoms with Gasteiger partial charge in [-0.25, -0.2) is 4.79 Å². The van der Waals surface area contributed by atoms with E-state index in [0.717, 1.165) is 32.7 Å². The summed E-state index contributed by atoms with van der Waals surface area (Å²) < 4.78 is 0. The van der Waals surface area contributed by atoms with Gasteiger partial charge in [0, 0.05) is 44.7 Å². The number of rotatable bonds is 5. The number of nitrogens with zero attached hydrogens (tertiary/aromatic N) is 2. The van der Waals surface area contributed by atoms with Crippen molar-refractivity contribution < 1.29 is 4.79 Å². The van der Waals surface area contributed by atoms with Crippen molar-refractivity contribution in [3.8, 4) is 0 Å². The molecule has 4 nitrogen and oxygen atoms in total. The number of piperazine rings is 1. The molecule has 0 aliphatic carbocycles. The highest BCUT2D eigenvalue weighted by Gasteiger charge is 2.25. The molecule has 1 fully saturated rings. The Bertz CT molecular complexity index is 732. The van der Waals surface area contributed by atoms with E-state index in [1.54, 1.807) is 0 Å². The zero-order valence-electron chi connectivity index (χ0n) is 16.7. The van der Waals surface area contributed by atoms with Crippen LogP contribution in [0.3, 0.4) is 0 Å². The van der Waals surface area contributed by atoms with Crippen molar-refractivity contribution in [1.82, 2.24) is 15.1 Å². The van der Waals surface area contributed by atoms with Crippen LogP contribution in [0.4, 0.5) is 4.79 Å². The molecule has 4 heteroatoms. The largest absolute Gasteiger partial charge is 0.337 e. The standard InChI is InChI=1S/C23H31N3O/c1-19-9-11-21(12-10-19)23(2,3)18-24-22(27)26-15-13-25(14-16-26)17-20-7-5-4-6-8-20/h4-12H,13-18H2,1-3H3,(H,24,27). The molecule has 0 saturated carbocycles. The van der Waals surface area contributed by atoms with Crippen LogP contribution in [0.1, 0.15) is 30.5 Å². The lowest BCUT2D eigenvalue weighted by atomic mass is 9.84. The number of amides is 2. The van der Waals surface area contributed by atoms with E-state index in [0.29, 0.717) is 6.54 Å². The predicted molar refractivity (Wildman–Crippen MR) is 111 cm³/mol. The number of benzene rings is 2. The fourth-order valence-corrected chi connectivity index (χ4v) is 3.47. The molecule has 0 aromatic heterocycles. The summed E-state index contributed by atoms with van der Waals surface area (Å²) in [7, 11) is 0. The SMILES string of the molecule is Cc1ccc(C(C)(C)CNC(=O)N2CCN(Cc3ccccc3)CC2)cc1. The van der Waals surface area contributed by atoms with E-state index in [1.165, 1.54) is 16.7 Å². The van der Waals surface area contributed by atoms with E-state index in [9.17, 15) is 4.79 Å². The number of urea groups is 1. The monoisotopic (exact) mass is 365 g/mol. The van der Waals surface area contributed by atoms with Crippen molar-refractivity contribution in [3.63, 3.8) is 0 Å². The molecule has 0 spiro atoms. The Morgan fingerprint density at radius 2 is 1.59 bits per heavy atom. The molecule has 2 aromatic carbocycles. The molecule has 144 valence electrons. The Balaban J connectivity index is 1.46. The fourth-order valence-electron chi connectivity index (χ4n) is 3.47. The van der Waals surface area contributed by atoms with Crippen molar-refractivity contribution >= 4 is 6.03 Å². The average molecular weight is 366 g/mol. The topological polar surface area (TPSA) is 35.6 Å². The fraction of sp³-hybridized carbons (Fsp3) is 0.435. The van der Waals surface area contributed by atoms with Gasteiger partial charge in [-0.2, -0.15) is 0 Å². The molecule has 0 unspecified atom stereocenters. The second-order valence-corrected chi connectivity index (χ2v) is 8.16. The third-order valence-corrected chi connectivity index (χ3v) is 5.42. The lowest BCUT2D eigenvalue weighted by Gasteiger charge is -2.35. The molecule has 0 atom stereocenters. The summed E-state index contributed by atoms with van der Waals surface area (Å²) in [6.45, 7) is 11.4. The van der Waals surface area contributed by atoms with E-state index in [-0.39, 0.29) is 11.4 Å². The van der Waals surface area contributed by atoms with Crippen LogP contribution in [0, 0.1) is 6.92 Å². The summed E-state index contributed by atoms with van der Waals surface area (Å²) in [6.07, 6.45) is 0. The first-order chi connectivity index (χ1) is 12.9. The van der Waals surface area contributed by atoms with Gasteiger partial charge < -0.3 is 10.2 Å². The Morgan fingerprint density at radius 1 is 0.963 bits per heavy atom. The van der Waals surface area contributed by atoms with Gasteiger partial charge in [0.2, 0.25) is 0 Å². The third-order valence-electron chi connectivity index (χ3n) is 5.42. The molecule has 27 heavy (non-hydrogen) atoms. The third kappa shape index (κ3) is 5.33. The zero-order chi connectivity index (χ0) is 19.3.